The molecule has 1 aliphatic carbocycles. The van der Waals surface area contributed by atoms with Gasteiger partial charge in [0.25, 0.3) is 0 Å². The molecule has 2 N–H and O–H groups in total. The van der Waals surface area contributed by atoms with Gasteiger partial charge in [0.15, 0.2) is 35.4 Å². The molecule has 0 saturated carbocycles. The standard InChI is InChI=1S/C23H25N5O6/c1-12(30)32-19-17(9-29)34-23(20(19)33-13(2)31)28-11-26-18-21(24-10-25-22(18)28)27-16-8-7-14-5-3-4-6-15(14)16/h3-6,10-11,16-17,19-20,23,29H,7-9H2,1-2H3,(H,24,25,27)/t16-,17+,19?,20-,23+/m0/s1. The first kappa shape index (κ1) is 22.2. The number of carbonyl (C=O) groups excluding carboxylic acids is 2. The Balaban J connectivity index is 1.48. The maximum absolute atomic E-state index is 11.8. The summed E-state index contributed by atoms with van der Waals surface area (Å²) < 4.78 is 18.3. The molecule has 1 aliphatic heterocycles. The second kappa shape index (κ2) is 8.99. The molecule has 5 rings (SSSR count). The number of aromatic nitrogens is 4. The lowest BCUT2D eigenvalue weighted by molar-refractivity contribution is -0.165. The van der Waals surface area contributed by atoms with Crippen molar-refractivity contribution in [2.24, 2.45) is 0 Å². The van der Waals surface area contributed by atoms with Crippen LogP contribution in [0.5, 0.6) is 0 Å². The fourth-order valence-corrected chi connectivity index (χ4v) is 4.75. The van der Waals surface area contributed by atoms with Gasteiger partial charge in [0.2, 0.25) is 0 Å². The van der Waals surface area contributed by atoms with Crippen LogP contribution in [0.2, 0.25) is 0 Å². The molecule has 2 aromatic heterocycles. The van der Waals surface area contributed by atoms with Gasteiger partial charge in [-0.25, -0.2) is 15.0 Å². The summed E-state index contributed by atoms with van der Waals surface area (Å²) in [5.41, 5.74) is 3.52. The molecule has 1 fully saturated rings. The molecule has 3 aromatic rings. The highest BCUT2D eigenvalue weighted by Crippen LogP contribution is 2.37. The van der Waals surface area contributed by atoms with Gasteiger partial charge < -0.3 is 24.6 Å². The maximum atomic E-state index is 11.8. The quantitative estimate of drug-likeness (QED) is 0.515. The molecule has 1 unspecified atom stereocenters. The van der Waals surface area contributed by atoms with Gasteiger partial charge >= 0.3 is 11.9 Å². The maximum Gasteiger partial charge on any atom is 0.303 e. The molecule has 0 bridgehead atoms. The first-order valence-electron chi connectivity index (χ1n) is 11.1. The Morgan fingerprint density at radius 1 is 1.15 bits per heavy atom. The molecule has 34 heavy (non-hydrogen) atoms. The number of hydrogen-bond acceptors (Lipinski definition) is 10. The number of imidazole rings is 1. The Labute approximate surface area is 195 Å². The fourth-order valence-electron chi connectivity index (χ4n) is 4.75. The van der Waals surface area contributed by atoms with E-state index in [4.69, 9.17) is 14.2 Å². The molecule has 3 heterocycles. The molecule has 0 amide bonds. The van der Waals surface area contributed by atoms with E-state index >= 15 is 0 Å². The third-order valence-corrected chi connectivity index (χ3v) is 6.15. The smallest absolute Gasteiger partial charge is 0.303 e. The zero-order chi connectivity index (χ0) is 23.8. The summed E-state index contributed by atoms with van der Waals surface area (Å²) in [5.74, 6) is -0.579. The monoisotopic (exact) mass is 467 g/mol. The van der Waals surface area contributed by atoms with Gasteiger partial charge in [0.1, 0.15) is 12.4 Å². The van der Waals surface area contributed by atoms with Crippen LogP contribution in [0, 0.1) is 0 Å². The predicted molar refractivity (Wildman–Crippen MR) is 119 cm³/mol. The largest absolute Gasteiger partial charge is 0.456 e. The van der Waals surface area contributed by atoms with Crippen molar-refractivity contribution in [3.8, 4) is 0 Å². The predicted octanol–water partition coefficient (Wildman–Crippen LogP) is 1.68. The first-order valence-corrected chi connectivity index (χ1v) is 11.1. The van der Waals surface area contributed by atoms with Crippen molar-refractivity contribution in [1.29, 1.82) is 0 Å². The minimum atomic E-state index is -0.996. The summed E-state index contributed by atoms with van der Waals surface area (Å²) in [4.78, 5) is 36.7. The Hall–Kier alpha value is -3.57. The molecule has 11 heteroatoms. The third kappa shape index (κ3) is 3.97. The van der Waals surface area contributed by atoms with Crippen molar-refractivity contribution in [2.45, 2.75) is 57.3 Å². The number of rotatable bonds is 6. The molecule has 2 aliphatic rings. The number of aryl methyl sites for hydroxylation is 1. The van der Waals surface area contributed by atoms with Crippen molar-refractivity contribution in [1.82, 2.24) is 19.5 Å². The zero-order valence-electron chi connectivity index (χ0n) is 18.7. The van der Waals surface area contributed by atoms with Crippen molar-refractivity contribution in [3.63, 3.8) is 0 Å². The minimum Gasteiger partial charge on any atom is -0.456 e. The zero-order valence-corrected chi connectivity index (χ0v) is 18.7. The van der Waals surface area contributed by atoms with E-state index in [2.05, 4.69) is 32.4 Å². The van der Waals surface area contributed by atoms with E-state index in [-0.39, 0.29) is 6.04 Å². The number of fused-ring (bicyclic) bond motifs is 2. The lowest BCUT2D eigenvalue weighted by Crippen LogP contribution is -2.40. The van der Waals surface area contributed by atoms with Gasteiger partial charge in [0.05, 0.1) is 19.0 Å². The Morgan fingerprint density at radius 2 is 1.91 bits per heavy atom. The number of hydrogen-bond donors (Lipinski definition) is 2. The normalized spacial score (nSPS) is 25.8. The molecule has 1 saturated heterocycles. The summed E-state index contributed by atoms with van der Waals surface area (Å²) in [6, 6.07) is 8.40. The average Bonchev–Trinajstić information content (AvgIpc) is 3.50. The van der Waals surface area contributed by atoms with Gasteiger partial charge in [-0.2, -0.15) is 0 Å². The molecular formula is C23H25N5O6. The van der Waals surface area contributed by atoms with E-state index in [1.54, 1.807) is 4.57 Å². The summed E-state index contributed by atoms with van der Waals surface area (Å²) in [7, 11) is 0. The third-order valence-electron chi connectivity index (χ3n) is 6.15. The van der Waals surface area contributed by atoms with E-state index in [0.717, 1.165) is 12.8 Å². The minimum absolute atomic E-state index is 0.100. The van der Waals surface area contributed by atoms with Gasteiger partial charge in [0, 0.05) is 13.8 Å². The number of ether oxygens (including phenoxy) is 3. The number of carbonyl (C=O) groups is 2. The van der Waals surface area contributed by atoms with Crippen LogP contribution in [-0.2, 0) is 30.2 Å². The van der Waals surface area contributed by atoms with Gasteiger partial charge in [-0.15, -0.1) is 0 Å². The summed E-state index contributed by atoms with van der Waals surface area (Å²) in [6.45, 7) is 2.07. The first-order chi connectivity index (χ1) is 16.5. The van der Waals surface area contributed by atoms with Crippen LogP contribution in [0.4, 0.5) is 5.82 Å². The van der Waals surface area contributed by atoms with E-state index in [1.165, 1.54) is 37.6 Å². The Morgan fingerprint density at radius 3 is 2.68 bits per heavy atom. The number of anilines is 1. The second-order valence-corrected chi connectivity index (χ2v) is 8.38. The molecule has 11 nitrogen and oxygen atoms in total. The van der Waals surface area contributed by atoms with Crippen LogP contribution >= 0.6 is 0 Å². The number of aliphatic hydroxyl groups excluding tert-OH is 1. The van der Waals surface area contributed by atoms with Gasteiger partial charge in [-0.1, -0.05) is 24.3 Å². The highest BCUT2D eigenvalue weighted by atomic mass is 16.6. The summed E-state index contributed by atoms with van der Waals surface area (Å²) in [5, 5.41) is 13.3. The summed E-state index contributed by atoms with van der Waals surface area (Å²) in [6.07, 6.45) is 1.08. The van der Waals surface area contributed by atoms with Crippen LogP contribution in [0.3, 0.4) is 0 Å². The van der Waals surface area contributed by atoms with Crippen LogP contribution in [-0.4, -0.2) is 61.5 Å². The van der Waals surface area contributed by atoms with Crippen LogP contribution in [0.1, 0.15) is 43.7 Å². The number of aliphatic hydroxyl groups is 1. The number of nitrogens with one attached hydrogen (secondary N) is 1. The molecule has 0 radical (unpaired) electrons. The molecule has 1 aromatic carbocycles. The van der Waals surface area contributed by atoms with E-state index < -0.39 is 43.1 Å². The molecule has 0 spiro atoms. The van der Waals surface area contributed by atoms with E-state index in [0.29, 0.717) is 17.0 Å². The van der Waals surface area contributed by atoms with Crippen LogP contribution < -0.4 is 5.32 Å². The van der Waals surface area contributed by atoms with E-state index in [1.807, 2.05) is 12.1 Å². The van der Waals surface area contributed by atoms with Crippen LogP contribution in [0.25, 0.3) is 11.2 Å². The topological polar surface area (TPSA) is 138 Å². The van der Waals surface area contributed by atoms with Crippen LogP contribution in [0.15, 0.2) is 36.9 Å². The Kier molecular flexibility index (Phi) is 5.88. The summed E-state index contributed by atoms with van der Waals surface area (Å²) >= 11 is 0. The van der Waals surface area contributed by atoms with Crippen molar-refractivity contribution in [3.05, 3.63) is 48.0 Å². The number of esters is 2. The highest BCUT2D eigenvalue weighted by molar-refractivity contribution is 5.83. The fraction of sp³-hybridized carbons (Fsp3) is 0.435. The lowest BCUT2D eigenvalue weighted by Gasteiger charge is -2.23. The van der Waals surface area contributed by atoms with Gasteiger partial charge in [-0.05, 0) is 24.0 Å². The molecule has 5 atom stereocenters. The number of benzene rings is 1. The average molecular weight is 467 g/mol. The Bertz CT molecular complexity index is 1230. The van der Waals surface area contributed by atoms with E-state index in [9.17, 15) is 14.7 Å². The lowest BCUT2D eigenvalue weighted by atomic mass is 10.1. The number of nitrogens with zero attached hydrogens (tertiary/aromatic N) is 4. The SMILES string of the molecule is CC(=O)OC1[C@@H](CO)O[C@@H](n2cnc3c(N[C@H]4CCc5ccccc54)ncnc32)[C@H]1OC(C)=O. The second-order valence-electron chi connectivity index (χ2n) is 8.38. The molecular weight excluding hydrogens is 442 g/mol. The molecule has 178 valence electrons. The van der Waals surface area contributed by atoms with Crippen molar-refractivity contribution in [2.75, 3.05) is 11.9 Å². The highest BCUT2D eigenvalue weighted by Gasteiger charge is 2.50. The van der Waals surface area contributed by atoms with Crippen molar-refractivity contribution >= 4 is 28.9 Å². The van der Waals surface area contributed by atoms with Crippen molar-refractivity contribution < 1.29 is 28.9 Å². The van der Waals surface area contributed by atoms with Gasteiger partial charge in [-0.3, -0.25) is 14.2 Å².